The Kier molecular flexibility index (Phi) is 5.28. The van der Waals surface area contributed by atoms with Crippen LogP contribution < -0.4 is 10.7 Å². The van der Waals surface area contributed by atoms with Gasteiger partial charge in [0.2, 0.25) is 5.91 Å². The van der Waals surface area contributed by atoms with Crippen molar-refractivity contribution in [1.82, 2.24) is 5.43 Å². The van der Waals surface area contributed by atoms with Gasteiger partial charge in [-0.3, -0.25) is 9.59 Å². The molecule has 2 N–H and O–H groups in total. The van der Waals surface area contributed by atoms with Gasteiger partial charge in [-0.05, 0) is 61.7 Å². The summed E-state index contributed by atoms with van der Waals surface area (Å²) >= 11 is 3.33. The van der Waals surface area contributed by atoms with Crippen LogP contribution in [0.3, 0.4) is 0 Å². The number of carbonyl (C=O) groups is 2. The Labute approximate surface area is 154 Å². The molecule has 128 valence electrons. The number of amides is 2. The van der Waals surface area contributed by atoms with E-state index >= 15 is 0 Å². The largest absolute Gasteiger partial charge is 0.326 e. The molecule has 6 heteroatoms. The number of anilines is 1. The number of hydrazone groups is 1. The third-order valence-electron chi connectivity index (χ3n) is 3.95. The van der Waals surface area contributed by atoms with Gasteiger partial charge in [0, 0.05) is 21.6 Å². The van der Waals surface area contributed by atoms with E-state index in [0.717, 1.165) is 28.6 Å². The lowest BCUT2D eigenvalue weighted by Gasteiger charge is -2.06. The van der Waals surface area contributed by atoms with Crippen molar-refractivity contribution in [3.8, 4) is 0 Å². The Balaban J connectivity index is 1.60. The van der Waals surface area contributed by atoms with E-state index in [1.165, 1.54) is 0 Å². The molecule has 0 heterocycles. The first-order valence-electron chi connectivity index (χ1n) is 8.04. The highest BCUT2D eigenvalue weighted by atomic mass is 79.9. The molecule has 5 nitrogen and oxygen atoms in total. The monoisotopic (exact) mass is 399 g/mol. The summed E-state index contributed by atoms with van der Waals surface area (Å²) in [6.07, 6.45) is 1.96. The van der Waals surface area contributed by atoms with Crippen molar-refractivity contribution < 1.29 is 9.59 Å². The topological polar surface area (TPSA) is 70.6 Å². The van der Waals surface area contributed by atoms with Crippen LogP contribution in [0.1, 0.15) is 35.7 Å². The number of rotatable bonds is 5. The van der Waals surface area contributed by atoms with Crippen molar-refractivity contribution in [2.45, 2.75) is 19.8 Å². The van der Waals surface area contributed by atoms with Gasteiger partial charge >= 0.3 is 0 Å². The van der Waals surface area contributed by atoms with Crippen LogP contribution in [-0.4, -0.2) is 17.5 Å². The van der Waals surface area contributed by atoms with Gasteiger partial charge in [0.25, 0.3) is 5.91 Å². The Morgan fingerprint density at radius 3 is 2.20 bits per heavy atom. The van der Waals surface area contributed by atoms with Crippen molar-refractivity contribution in [3.63, 3.8) is 0 Å². The molecule has 0 atom stereocenters. The van der Waals surface area contributed by atoms with Gasteiger partial charge in [-0.2, -0.15) is 5.10 Å². The van der Waals surface area contributed by atoms with Crippen LogP contribution >= 0.6 is 15.9 Å². The van der Waals surface area contributed by atoms with Gasteiger partial charge in [-0.1, -0.05) is 28.1 Å². The Hall–Kier alpha value is -2.47. The SMILES string of the molecule is CC(=NNC(=O)c1ccc(Br)cc1)c1ccc(NC(=O)C2CC2)cc1. The first-order valence-corrected chi connectivity index (χ1v) is 8.84. The molecule has 1 fully saturated rings. The Morgan fingerprint density at radius 1 is 1.00 bits per heavy atom. The molecule has 1 saturated carbocycles. The van der Waals surface area contributed by atoms with Crippen molar-refractivity contribution in [3.05, 3.63) is 64.1 Å². The molecule has 25 heavy (non-hydrogen) atoms. The van der Waals surface area contributed by atoms with Gasteiger partial charge in [0.1, 0.15) is 0 Å². The maximum atomic E-state index is 12.1. The summed E-state index contributed by atoms with van der Waals surface area (Å²) in [5, 5.41) is 7.03. The van der Waals surface area contributed by atoms with Gasteiger partial charge in [-0.25, -0.2) is 5.43 Å². The van der Waals surface area contributed by atoms with Gasteiger partial charge in [-0.15, -0.1) is 0 Å². The minimum atomic E-state index is -0.264. The van der Waals surface area contributed by atoms with Crippen molar-refractivity contribution in [1.29, 1.82) is 0 Å². The summed E-state index contributed by atoms with van der Waals surface area (Å²) in [5.41, 5.74) is 5.42. The summed E-state index contributed by atoms with van der Waals surface area (Å²) < 4.78 is 0.914. The predicted molar refractivity (Wildman–Crippen MR) is 102 cm³/mol. The summed E-state index contributed by atoms with van der Waals surface area (Å²) in [7, 11) is 0. The Morgan fingerprint density at radius 2 is 1.60 bits per heavy atom. The van der Waals surface area contributed by atoms with Crippen LogP contribution in [0.2, 0.25) is 0 Å². The van der Waals surface area contributed by atoms with E-state index in [9.17, 15) is 9.59 Å². The molecular formula is C19H18BrN3O2. The Bertz CT molecular complexity index is 810. The maximum absolute atomic E-state index is 12.1. The zero-order valence-electron chi connectivity index (χ0n) is 13.8. The van der Waals surface area contributed by atoms with E-state index in [1.807, 2.05) is 31.2 Å². The molecule has 2 amide bonds. The van der Waals surface area contributed by atoms with Gasteiger partial charge in [0.15, 0.2) is 0 Å². The quantitative estimate of drug-likeness (QED) is 0.590. The lowest BCUT2D eigenvalue weighted by Crippen LogP contribution is -2.19. The van der Waals surface area contributed by atoms with Crippen LogP contribution in [0.25, 0.3) is 0 Å². The average Bonchev–Trinajstić information content (AvgIpc) is 3.46. The molecule has 0 unspecified atom stereocenters. The number of carbonyl (C=O) groups excluding carboxylic acids is 2. The van der Waals surface area contributed by atoms with Gasteiger partial charge in [0.05, 0.1) is 5.71 Å². The molecule has 2 aromatic carbocycles. The number of hydrogen-bond donors (Lipinski definition) is 2. The summed E-state index contributed by atoms with van der Waals surface area (Å²) in [5.74, 6) is -0.00290. The molecule has 1 aliphatic carbocycles. The second kappa shape index (κ2) is 7.61. The van der Waals surface area contributed by atoms with E-state index in [1.54, 1.807) is 24.3 Å². The molecule has 1 aliphatic rings. The fourth-order valence-electron chi connectivity index (χ4n) is 2.25. The second-order valence-corrected chi connectivity index (χ2v) is 6.90. The second-order valence-electron chi connectivity index (χ2n) is 5.99. The highest BCUT2D eigenvalue weighted by molar-refractivity contribution is 9.10. The van der Waals surface area contributed by atoms with E-state index in [0.29, 0.717) is 11.3 Å². The third-order valence-corrected chi connectivity index (χ3v) is 4.48. The number of hydrogen-bond acceptors (Lipinski definition) is 3. The van der Waals surface area contributed by atoms with Crippen LogP contribution in [0.4, 0.5) is 5.69 Å². The predicted octanol–water partition coefficient (Wildman–Crippen LogP) is 3.95. The molecular weight excluding hydrogens is 382 g/mol. The molecule has 0 spiro atoms. The number of nitrogens with one attached hydrogen (secondary N) is 2. The van der Waals surface area contributed by atoms with Crippen molar-refractivity contribution in [2.75, 3.05) is 5.32 Å². The van der Waals surface area contributed by atoms with Crippen LogP contribution in [0.15, 0.2) is 58.1 Å². The molecule has 3 rings (SSSR count). The van der Waals surface area contributed by atoms with Crippen molar-refractivity contribution >= 4 is 39.1 Å². The molecule has 0 aliphatic heterocycles. The fourth-order valence-corrected chi connectivity index (χ4v) is 2.51. The molecule has 0 radical (unpaired) electrons. The normalized spacial score (nSPS) is 14.1. The molecule has 0 bridgehead atoms. The van der Waals surface area contributed by atoms with E-state index in [4.69, 9.17) is 0 Å². The van der Waals surface area contributed by atoms with E-state index in [2.05, 4.69) is 31.8 Å². The minimum Gasteiger partial charge on any atom is -0.326 e. The average molecular weight is 400 g/mol. The first kappa shape index (κ1) is 17.4. The first-order chi connectivity index (χ1) is 12.0. The number of benzene rings is 2. The van der Waals surface area contributed by atoms with E-state index < -0.39 is 0 Å². The summed E-state index contributed by atoms with van der Waals surface area (Å²) in [6.45, 7) is 1.82. The third kappa shape index (κ3) is 4.76. The van der Waals surface area contributed by atoms with Crippen molar-refractivity contribution in [2.24, 2.45) is 11.0 Å². The lowest BCUT2D eigenvalue weighted by molar-refractivity contribution is -0.117. The van der Waals surface area contributed by atoms with Crippen LogP contribution in [-0.2, 0) is 4.79 Å². The number of nitrogens with zero attached hydrogens (tertiary/aromatic N) is 1. The summed E-state index contributed by atoms with van der Waals surface area (Å²) in [4.78, 5) is 23.8. The standard InChI is InChI=1S/C19H18BrN3O2/c1-12(22-23-19(25)15-4-8-16(20)9-5-15)13-6-10-17(11-7-13)21-18(24)14-2-3-14/h4-11,14H,2-3H2,1H3,(H,21,24)(H,23,25). The fraction of sp³-hybridized carbons (Fsp3) is 0.211. The number of halogens is 1. The van der Waals surface area contributed by atoms with E-state index in [-0.39, 0.29) is 17.7 Å². The molecule has 0 aromatic heterocycles. The highest BCUT2D eigenvalue weighted by Gasteiger charge is 2.29. The maximum Gasteiger partial charge on any atom is 0.271 e. The molecule has 2 aromatic rings. The zero-order valence-corrected chi connectivity index (χ0v) is 15.3. The minimum absolute atomic E-state index is 0.0832. The lowest BCUT2D eigenvalue weighted by atomic mass is 10.1. The highest BCUT2D eigenvalue weighted by Crippen LogP contribution is 2.30. The zero-order chi connectivity index (χ0) is 17.8. The van der Waals surface area contributed by atoms with Crippen LogP contribution in [0, 0.1) is 5.92 Å². The summed E-state index contributed by atoms with van der Waals surface area (Å²) in [6, 6.07) is 14.5. The van der Waals surface area contributed by atoms with Crippen LogP contribution in [0.5, 0.6) is 0 Å². The van der Waals surface area contributed by atoms with Gasteiger partial charge < -0.3 is 5.32 Å². The smallest absolute Gasteiger partial charge is 0.271 e. The molecule has 0 saturated heterocycles.